The minimum Gasteiger partial charge on any atom is -0.391 e. The van der Waals surface area contributed by atoms with E-state index in [9.17, 15) is 19.1 Å². The van der Waals surface area contributed by atoms with Crippen LogP contribution in [0.3, 0.4) is 0 Å². The van der Waals surface area contributed by atoms with E-state index in [1.807, 2.05) is 0 Å². The molecule has 2 N–H and O–H groups in total. The van der Waals surface area contributed by atoms with Crippen LogP contribution in [0.15, 0.2) is 18.2 Å². The van der Waals surface area contributed by atoms with Gasteiger partial charge in [-0.2, -0.15) is 0 Å². The number of hydrogen-bond donors (Lipinski definition) is 2. The van der Waals surface area contributed by atoms with E-state index in [2.05, 4.69) is 5.32 Å². The third-order valence-electron chi connectivity index (χ3n) is 3.71. The van der Waals surface area contributed by atoms with Gasteiger partial charge in [-0.15, -0.1) is 0 Å². The molecule has 120 valence electrons. The molecule has 1 heterocycles. The number of benzene rings is 1. The third kappa shape index (κ3) is 3.96. The fourth-order valence-electron chi connectivity index (χ4n) is 2.53. The summed E-state index contributed by atoms with van der Waals surface area (Å²) in [6.45, 7) is 2.15. The molecule has 0 saturated carbocycles. The van der Waals surface area contributed by atoms with Crippen molar-refractivity contribution in [3.63, 3.8) is 0 Å². The van der Waals surface area contributed by atoms with Gasteiger partial charge < -0.3 is 15.3 Å². The monoisotopic (exact) mass is 328 g/mol. The third-order valence-corrected chi connectivity index (χ3v) is 4.00. The number of hydrogen-bond acceptors (Lipinski definition) is 3. The number of carbonyl (C=O) groups excluding carboxylic acids is 2. The van der Waals surface area contributed by atoms with Gasteiger partial charge in [-0.3, -0.25) is 9.59 Å². The summed E-state index contributed by atoms with van der Waals surface area (Å²) in [5, 5.41) is 12.6. The van der Waals surface area contributed by atoms with Crippen molar-refractivity contribution in [3.05, 3.63) is 34.6 Å². The Balaban J connectivity index is 2.08. The van der Waals surface area contributed by atoms with E-state index in [0.29, 0.717) is 31.5 Å². The van der Waals surface area contributed by atoms with E-state index in [-0.39, 0.29) is 22.9 Å². The number of halogens is 2. The molecule has 2 atom stereocenters. The Morgan fingerprint density at radius 2 is 2.05 bits per heavy atom. The van der Waals surface area contributed by atoms with Crippen molar-refractivity contribution in [2.75, 3.05) is 13.1 Å². The van der Waals surface area contributed by atoms with Crippen LogP contribution in [-0.4, -0.2) is 47.1 Å². The zero-order valence-corrected chi connectivity index (χ0v) is 12.9. The molecule has 1 aromatic carbocycles. The largest absolute Gasteiger partial charge is 0.391 e. The Hall–Kier alpha value is -1.66. The summed E-state index contributed by atoms with van der Waals surface area (Å²) in [7, 11) is 0. The van der Waals surface area contributed by atoms with E-state index in [1.165, 1.54) is 19.1 Å². The van der Waals surface area contributed by atoms with Gasteiger partial charge in [0.05, 0.1) is 17.2 Å². The van der Waals surface area contributed by atoms with Crippen molar-refractivity contribution < 1.29 is 19.1 Å². The van der Waals surface area contributed by atoms with Crippen LogP contribution in [0.25, 0.3) is 0 Å². The highest BCUT2D eigenvalue weighted by atomic mass is 35.5. The molecule has 1 aliphatic rings. The Kier molecular flexibility index (Phi) is 5.37. The van der Waals surface area contributed by atoms with E-state index >= 15 is 0 Å². The number of aliphatic hydroxyl groups excluding tert-OH is 1. The van der Waals surface area contributed by atoms with Gasteiger partial charge in [-0.05, 0) is 31.0 Å². The van der Waals surface area contributed by atoms with Crippen LogP contribution in [-0.2, 0) is 4.79 Å². The van der Waals surface area contributed by atoms with Gasteiger partial charge in [0.2, 0.25) is 5.91 Å². The summed E-state index contributed by atoms with van der Waals surface area (Å²) in [6, 6.07) is 3.47. The normalized spacial score (nSPS) is 22.1. The lowest BCUT2D eigenvalue weighted by Gasteiger charge is -2.21. The summed E-state index contributed by atoms with van der Waals surface area (Å²) in [6.07, 6.45) is 0.131. The van der Waals surface area contributed by atoms with Crippen molar-refractivity contribution in [2.45, 2.75) is 31.9 Å². The molecule has 7 heteroatoms. The molecule has 0 radical (unpaired) electrons. The molecule has 0 spiro atoms. The molecule has 2 amide bonds. The number of nitrogens with one attached hydrogen (secondary N) is 1. The minimum atomic E-state index is -0.696. The summed E-state index contributed by atoms with van der Waals surface area (Å²) >= 11 is 5.70. The van der Waals surface area contributed by atoms with Crippen molar-refractivity contribution in [1.29, 1.82) is 0 Å². The number of rotatable bonds is 2. The van der Waals surface area contributed by atoms with Gasteiger partial charge in [0.25, 0.3) is 5.91 Å². The van der Waals surface area contributed by atoms with Gasteiger partial charge in [0.15, 0.2) is 0 Å². The Labute approximate surface area is 133 Å². The highest BCUT2D eigenvalue weighted by Crippen LogP contribution is 2.19. The molecule has 1 fully saturated rings. The standard InChI is InChI=1S/C15H18ClFN2O3/c1-9(20)18-13-4-6-19(7-5-14(13)21)15(22)10-2-3-12(17)11(16)8-10/h2-3,8,13-14,21H,4-7H2,1H3,(H,18,20)/t13-,14-/m0/s1. The molecule has 0 aliphatic carbocycles. The lowest BCUT2D eigenvalue weighted by molar-refractivity contribution is -0.120. The maximum atomic E-state index is 13.2. The van der Waals surface area contributed by atoms with E-state index in [0.717, 1.165) is 6.07 Å². The molecule has 1 aliphatic heterocycles. The number of likely N-dealkylation sites (tertiary alicyclic amines) is 1. The maximum Gasteiger partial charge on any atom is 0.253 e. The zero-order valence-electron chi connectivity index (χ0n) is 12.2. The first kappa shape index (κ1) is 16.7. The molecule has 0 aromatic heterocycles. The average Bonchev–Trinajstić information content (AvgIpc) is 2.64. The topological polar surface area (TPSA) is 69.6 Å². The van der Waals surface area contributed by atoms with Crippen molar-refractivity contribution in [1.82, 2.24) is 10.2 Å². The first-order valence-corrected chi connectivity index (χ1v) is 7.45. The minimum absolute atomic E-state index is 0.100. The summed E-state index contributed by atoms with van der Waals surface area (Å²) in [5.74, 6) is -1.05. The Morgan fingerprint density at radius 3 is 2.68 bits per heavy atom. The highest BCUT2D eigenvalue weighted by molar-refractivity contribution is 6.31. The molecular weight excluding hydrogens is 311 g/mol. The van der Waals surface area contributed by atoms with E-state index < -0.39 is 11.9 Å². The SMILES string of the molecule is CC(=O)N[C@H]1CCN(C(=O)c2ccc(F)c(Cl)c2)CC[C@@H]1O. The molecule has 2 rings (SSSR count). The second-order valence-electron chi connectivity index (χ2n) is 5.37. The van der Waals surface area contributed by atoms with E-state index in [4.69, 9.17) is 11.6 Å². The predicted molar refractivity (Wildman–Crippen MR) is 80.2 cm³/mol. The van der Waals surface area contributed by atoms with Crippen molar-refractivity contribution in [3.8, 4) is 0 Å². The lowest BCUT2D eigenvalue weighted by Crippen LogP contribution is -2.42. The van der Waals surface area contributed by atoms with Crippen LogP contribution >= 0.6 is 11.6 Å². The molecule has 0 unspecified atom stereocenters. The number of aliphatic hydroxyl groups is 1. The van der Waals surface area contributed by atoms with Crippen LogP contribution in [0.4, 0.5) is 4.39 Å². The number of nitrogens with zero attached hydrogens (tertiary/aromatic N) is 1. The van der Waals surface area contributed by atoms with Gasteiger partial charge in [-0.1, -0.05) is 11.6 Å². The van der Waals surface area contributed by atoms with E-state index in [1.54, 1.807) is 4.90 Å². The van der Waals surface area contributed by atoms with Gasteiger partial charge in [0, 0.05) is 25.6 Å². The predicted octanol–water partition coefficient (Wildman–Crippen LogP) is 1.58. The molecule has 5 nitrogen and oxygen atoms in total. The van der Waals surface area contributed by atoms with Gasteiger partial charge in [0.1, 0.15) is 5.82 Å². The second kappa shape index (κ2) is 7.07. The van der Waals surface area contributed by atoms with Gasteiger partial charge >= 0.3 is 0 Å². The molecule has 0 bridgehead atoms. The number of carbonyl (C=O) groups is 2. The summed E-state index contributed by atoms with van der Waals surface area (Å²) < 4.78 is 13.2. The zero-order chi connectivity index (χ0) is 16.3. The van der Waals surface area contributed by atoms with Crippen LogP contribution in [0.2, 0.25) is 5.02 Å². The smallest absolute Gasteiger partial charge is 0.253 e. The lowest BCUT2D eigenvalue weighted by atomic mass is 10.1. The van der Waals surface area contributed by atoms with Crippen LogP contribution < -0.4 is 5.32 Å². The van der Waals surface area contributed by atoms with Crippen LogP contribution in [0, 0.1) is 5.82 Å². The Morgan fingerprint density at radius 1 is 1.36 bits per heavy atom. The molecular formula is C15H18ClFN2O3. The van der Waals surface area contributed by atoms with Crippen molar-refractivity contribution in [2.24, 2.45) is 0 Å². The molecule has 22 heavy (non-hydrogen) atoms. The maximum absolute atomic E-state index is 13.2. The van der Waals surface area contributed by atoms with Gasteiger partial charge in [-0.25, -0.2) is 4.39 Å². The van der Waals surface area contributed by atoms with Crippen molar-refractivity contribution >= 4 is 23.4 Å². The second-order valence-corrected chi connectivity index (χ2v) is 5.78. The van der Waals surface area contributed by atoms with Crippen LogP contribution in [0.1, 0.15) is 30.1 Å². The number of amides is 2. The fraction of sp³-hybridized carbons (Fsp3) is 0.467. The quantitative estimate of drug-likeness (QED) is 0.866. The summed E-state index contributed by atoms with van der Waals surface area (Å²) in [4.78, 5) is 25.1. The highest BCUT2D eigenvalue weighted by Gasteiger charge is 2.28. The average molecular weight is 329 g/mol. The Bertz CT molecular complexity index is 582. The van der Waals surface area contributed by atoms with Crippen LogP contribution in [0.5, 0.6) is 0 Å². The molecule has 1 aromatic rings. The summed E-state index contributed by atoms with van der Waals surface area (Å²) in [5.41, 5.74) is 0.305. The first-order chi connectivity index (χ1) is 10.4. The first-order valence-electron chi connectivity index (χ1n) is 7.08. The fourth-order valence-corrected chi connectivity index (χ4v) is 2.71. The molecule has 1 saturated heterocycles.